The van der Waals surface area contributed by atoms with Gasteiger partial charge in [-0.15, -0.1) is 0 Å². The zero-order chi connectivity index (χ0) is 8.69. The average molecular weight is 156 g/mol. The molecule has 0 saturated carbocycles. The molecule has 1 heteroatoms. The molecule has 0 fully saturated rings. The van der Waals surface area contributed by atoms with Crippen LogP contribution in [0, 0.1) is 0 Å². The number of unbranched alkanes of at least 4 members (excludes halogenated alkanes) is 1. The molecule has 0 N–H and O–H groups in total. The summed E-state index contributed by atoms with van der Waals surface area (Å²) in [7, 11) is 0. The van der Waals surface area contributed by atoms with E-state index in [-0.39, 0.29) is 0 Å². The standard InChI is InChI=1S/C10H20O/c1-5-7-8-10(6-2)11-9(3)4/h10H,3,5-8H2,1-2,4H3. The zero-order valence-electron chi connectivity index (χ0n) is 8.02. The van der Waals surface area contributed by atoms with Crippen LogP contribution in [0.3, 0.4) is 0 Å². The molecule has 1 nitrogen and oxygen atoms in total. The molecule has 0 aliphatic rings. The molecule has 0 aromatic carbocycles. The van der Waals surface area contributed by atoms with Gasteiger partial charge in [-0.1, -0.05) is 33.3 Å². The maximum Gasteiger partial charge on any atom is 0.0979 e. The van der Waals surface area contributed by atoms with Gasteiger partial charge >= 0.3 is 0 Å². The first-order chi connectivity index (χ1) is 5.20. The van der Waals surface area contributed by atoms with Crippen molar-refractivity contribution >= 4 is 0 Å². The van der Waals surface area contributed by atoms with Crippen molar-refractivity contribution < 1.29 is 4.74 Å². The number of hydrogen-bond donors (Lipinski definition) is 0. The summed E-state index contributed by atoms with van der Waals surface area (Å²) in [5.41, 5.74) is 0. The first-order valence-corrected chi connectivity index (χ1v) is 4.52. The Hall–Kier alpha value is -0.460. The van der Waals surface area contributed by atoms with Crippen molar-refractivity contribution in [2.24, 2.45) is 0 Å². The van der Waals surface area contributed by atoms with E-state index in [1.54, 1.807) is 0 Å². The van der Waals surface area contributed by atoms with Gasteiger partial charge in [-0.25, -0.2) is 0 Å². The molecule has 0 aromatic rings. The molecule has 0 bridgehead atoms. The van der Waals surface area contributed by atoms with E-state index in [4.69, 9.17) is 4.74 Å². The van der Waals surface area contributed by atoms with Gasteiger partial charge in [-0.05, 0) is 19.8 Å². The Morgan fingerprint density at radius 1 is 1.45 bits per heavy atom. The summed E-state index contributed by atoms with van der Waals surface area (Å²) in [6.45, 7) is 10.00. The van der Waals surface area contributed by atoms with Crippen LogP contribution in [0.2, 0.25) is 0 Å². The maximum absolute atomic E-state index is 5.51. The van der Waals surface area contributed by atoms with Crippen LogP contribution in [0.5, 0.6) is 0 Å². The summed E-state index contributed by atoms with van der Waals surface area (Å²) in [6.07, 6.45) is 5.15. The Morgan fingerprint density at radius 3 is 2.45 bits per heavy atom. The van der Waals surface area contributed by atoms with Crippen LogP contribution in [0.25, 0.3) is 0 Å². The summed E-state index contributed by atoms with van der Waals surface area (Å²) in [6, 6.07) is 0. The molecular weight excluding hydrogens is 136 g/mol. The highest BCUT2D eigenvalue weighted by Gasteiger charge is 2.04. The highest BCUT2D eigenvalue weighted by atomic mass is 16.5. The van der Waals surface area contributed by atoms with E-state index in [1.807, 2.05) is 6.92 Å². The number of allylic oxidation sites excluding steroid dienone is 1. The molecule has 1 unspecified atom stereocenters. The Balaban J connectivity index is 3.49. The molecule has 66 valence electrons. The Kier molecular flexibility index (Phi) is 6.00. The predicted molar refractivity (Wildman–Crippen MR) is 49.5 cm³/mol. The Labute approximate surface area is 70.4 Å². The Bertz CT molecular complexity index is 107. The molecular formula is C10H20O. The zero-order valence-corrected chi connectivity index (χ0v) is 8.02. The van der Waals surface area contributed by atoms with Gasteiger partial charge in [-0.2, -0.15) is 0 Å². The van der Waals surface area contributed by atoms with Gasteiger partial charge in [0, 0.05) is 0 Å². The molecule has 0 rings (SSSR count). The lowest BCUT2D eigenvalue weighted by Crippen LogP contribution is -2.09. The minimum absolute atomic E-state index is 0.396. The van der Waals surface area contributed by atoms with E-state index in [2.05, 4.69) is 20.4 Å². The third kappa shape index (κ3) is 5.96. The van der Waals surface area contributed by atoms with Crippen molar-refractivity contribution in [1.82, 2.24) is 0 Å². The van der Waals surface area contributed by atoms with Crippen molar-refractivity contribution in [3.05, 3.63) is 12.3 Å². The van der Waals surface area contributed by atoms with E-state index in [0.29, 0.717) is 6.10 Å². The van der Waals surface area contributed by atoms with Gasteiger partial charge < -0.3 is 4.74 Å². The molecule has 0 saturated heterocycles. The summed E-state index contributed by atoms with van der Waals surface area (Å²) in [4.78, 5) is 0. The lowest BCUT2D eigenvalue weighted by Gasteiger charge is -2.16. The first-order valence-electron chi connectivity index (χ1n) is 4.52. The lowest BCUT2D eigenvalue weighted by atomic mass is 10.1. The summed E-state index contributed by atoms with van der Waals surface area (Å²) < 4.78 is 5.51. The molecule has 0 radical (unpaired) electrons. The van der Waals surface area contributed by atoms with E-state index in [0.717, 1.165) is 12.2 Å². The van der Waals surface area contributed by atoms with Crippen LogP contribution in [0.1, 0.15) is 46.5 Å². The largest absolute Gasteiger partial charge is 0.496 e. The first kappa shape index (κ1) is 10.5. The fraction of sp³-hybridized carbons (Fsp3) is 0.800. The number of hydrogen-bond acceptors (Lipinski definition) is 1. The minimum atomic E-state index is 0.396. The summed E-state index contributed by atoms with van der Waals surface area (Å²) >= 11 is 0. The van der Waals surface area contributed by atoms with Crippen molar-refractivity contribution in [3.8, 4) is 0 Å². The van der Waals surface area contributed by atoms with Gasteiger partial charge in [0.2, 0.25) is 0 Å². The Morgan fingerprint density at radius 2 is 2.09 bits per heavy atom. The van der Waals surface area contributed by atoms with E-state index < -0.39 is 0 Å². The van der Waals surface area contributed by atoms with Gasteiger partial charge in [0.15, 0.2) is 0 Å². The molecule has 0 aliphatic carbocycles. The second-order valence-electron chi connectivity index (χ2n) is 2.99. The smallest absolute Gasteiger partial charge is 0.0979 e. The van der Waals surface area contributed by atoms with Crippen LogP contribution in [-0.2, 0) is 4.74 Å². The van der Waals surface area contributed by atoms with E-state index in [9.17, 15) is 0 Å². The second kappa shape index (κ2) is 6.26. The summed E-state index contributed by atoms with van der Waals surface area (Å²) in [5.74, 6) is 0.841. The molecule has 1 atom stereocenters. The van der Waals surface area contributed by atoms with Crippen molar-refractivity contribution in [2.75, 3.05) is 0 Å². The minimum Gasteiger partial charge on any atom is -0.496 e. The maximum atomic E-state index is 5.51. The second-order valence-corrected chi connectivity index (χ2v) is 2.99. The van der Waals surface area contributed by atoms with Gasteiger partial charge in [0.05, 0.1) is 11.9 Å². The van der Waals surface area contributed by atoms with Crippen LogP contribution < -0.4 is 0 Å². The van der Waals surface area contributed by atoms with Crippen LogP contribution in [-0.4, -0.2) is 6.10 Å². The van der Waals surface area contributed by atoms with Crippen LogP contribution in [0.15, 0.2) is 12.3 Å². The van der Waals surface area contributed by atoms with Crippen LogP contribution in [0.4, 0.5) is 0 Å². The lowest BCUT2D eigenvalue weighted by molar-refractivity contribution is 0.105. The summed E-state index contributed by atoms with van der Waals surface area (Å²) in [5, 5.41) is 0. The molecule has 0 spiro atoms. The van der Waals surface area contributed by atoms with Gasteiger partial charge in [-0.3, -0.25) is 0 Å². The molecule has 0 aromatic heterocycles. The normalized spacial score (nSPS) is 12.6. The highest BCUT2D eigenvalue weighted by Crippen LogP contribution is 2.11. The number of ether oxygens (including phenoxy) is 1. The van der Waals surface area contributed by atoms with Gasteiger partial charge in [0.1, 0.15) is 0 Å². The van der Waals surface area contributed by atoms with Gasteiger partial charge in [0.25, 0.3) is 0 Å². The highest BCUT2D eigenvalue weighted by molar-refractivity contribution is 4.76. The van der Waals surface area contributed by atoms with E-state index >= 15 is 0 Å². The van der Waals surface area contributed by atoms with Crippen LogP contribution >= 0.6 is 0 Å². The van der Waals surface area contributed by atoms with Crippen molar-refractivity contribution in [3.63, 3.8) is 0 Å². The monoisotopic (exact) mass is 156 g/mol. The molecule has 0 heterocycles. The average Bonchev–Trinajstić information content (AvgIpc) is 1.97. The quantitative estimate of drug-likeness (QED) is 0.535. The predicted octanol–water partition coefficient (Wildman–Crippen LogP) is 3.51. The molecule has 11 heavy (non-hydrogen) atoms. The fourth-order valence-corrected chi connectivity index (χ4v) is 1.06. The SMILES string of the molecule is C=C(C)OC(CC)CCCC. The van der Waals surface area contributed by atoms with E-state index in [1.165, 1.54) is 19.3 Å². The number of rotatable bonds is 6. The molecule has 0 aliphatic heterocycles. The van der Waals surface area contributed by atoms with Crippen molar-refractivity contribution in [1.29, 1.82) is 0 Å². The molecule has 0 amide bonds. The van der Waals surface area contributed by atoms with Crippen molar-refractivity contribution in [2.45, 2.75) is 52.6 Å². The topological polar surface area (TPSA) is 9.23 Å². The third-order valence-corrected chi connectivity index (χ3v) is 1.70. The fourth-order valence-electron chi connectivity index (χ4n) is 1.06. The third-order valence-electron chi connectivity index (χ3n) is 1.70.